The Morgan fingerprint density at radius 3 is 2.40 bits per heavy atom. The second-order valence-corrected chi connectivity index (χ2v) is 9.33. The van der Waals surface area contributed by atoms with Crippen LogP contribution in [-0.2, 0) is 0 Å². The third-order valence-corrected chi connectivity index (χ3v) is 6.99. The van der Waals surface area contributed by atoms with E-state index in [0.29, 0.717) is 29.1 Å². The van der Waals surface area contributed by atoms with Crippen molar-refractivity contribution in [2.45, 2.75) is 26.4 Å². The molecule has 1 unspecified atom stereocenters. The first-order chi connectivity index (χ1) is 16.9. The van der Waals surface area contributed by atoms with Crippen molar-refractivity contribution in [2.24, 2.45) is 5.92 Å². The van der Waals surface area contributed by atoms with Crippen LogP contribution in [0.3, 0.4) is 0 Å². The van der Waals surface area contributed by atoms with Crippen molar-refractivity contribution in [3.8, 4) is 23.0 Å². The van der Waals surface area contributed by atoms with Crippen LogP contribution in [0.15, 0.2) is 60.7 Å². The maximum Gasteiger partial charge on any atom is 0.150 e. The highest BCUT2D eigenvalue weighted by molar-refractivity contribution is 5.95. The zero-order valence-corrected chi connectivity index (χ0v) is 20.0. The maximum atomic E-state index is 15.0. The van der Waals surface area contributed by atoms with Gasteiger partial charge in [-0.2, -0.15) is 0 Å². The Labute approximate surface area is 205 Å². The molecule has 2 N–H and O–H groups in total. The van der Waals surface area contributed by atoms with Crippen molar-refractivity contribution in [1.82, 2.24) is 4.90 Å². The van der Waals surface area contributed by atoms with E-state index in [2.05, 4.69) is 11.8 Å². The van der Waals surface area contributed by atoms with E-state index in [1.807, 2.05) is 31.2 Å². The Morgan fingerprint density at radius 1 is 0.971 bits per heavy atom. The minimum absolute atomic E-state index is 0.112. The number of phenols is 2. The van der Waals surface area contributed by atoms with Crippen LogP contribution in [0.25, 0.3) is 11.1 Å². The zero-order valence-electron chi connectivity index (χ0n) is 20.0. The Hall–Kier alpha value is -3.51. The van der Waals surface area contributed by atoms with Crippen molar-refractivity contribution < 1.29 is 24.1 Å². The van der Waals surface area contributed by atoms with Gasteiger partial charge in [0.25, 0.3) is 0 Å². The van der Waals surface area contributed by atoms with Crippen molar-refractivity contribution in [3.63, 3.8) is 0 Å². The molecule has 2 heterocycles. The molecule has 5 rings (SSSR count). The molecule has 35 heavy (non-hydrogen) atoms. The molecule has 3 aromatic rings. The highest BCUT2D eigenvalue weighted by Crippen LogP contribution is 2.48. The van der Waals surface area contributed by atoms with E-state index in [1.54, 1.807) is 24.3 Å². The highest BCUT2D eigenvalue weighted by Gasteiger charge is 2.31. The van der Waals surface area contributed by atoms with Crippen LogP contribution in [-0.4, -0.2) is 41.4 Å². The first-order valence-corrected chi connectivity index (χ1v) is 12.1. The molecule has 0 aliphatic carbocycles. The number of ether oxygens (including phenoxy) is 2. The normalized spacial score (nSPS) is 18.1. The smallest absolute Gasteiger partial charge is 0.150 e. The molecule has 0 radical (unpaired) electrons. The number of hydrogen-bond donors (Lipinski definition) is 2. The van der Waals surface area contributed by atoms with Crippen LogP contribution in [0.2, 0.25) is 0 Å². The molecule has 2 aliphatic heterocycles. The Balaban J connectivity index is 1.40. The molecule has 6 heteroatoms. The van der Waals surface area contributed by atoms with Crippen molar-refractivity contribution in [1.29, 1.82) is 0 Å². The van der Waals surface area contributed by atoms with Gasteiger partial charge in [-0.15, -0.1) is 0 Å². The van der Waals surface area contributed by atoms with Gasteiger partial charge in [0.15, 0.2) is 0 Å². The SMILES string of the molecule is CCC1CN(CCOc2ccc(C3Oc4ccc(O)cc4C(C)=C3c3ccc(O)cc3F)cc2)C1. The lowest BCUT2D eigenvalue weighted by Crippen LogP contribution is -2.47. The van der Waals surface area contributed by atoms with Crippen molar-refractivity contribution >= 4 is 11.1 Å². The summed E-state index contributed by atoms with van der Waals surface area (Å²) in [5.74, 6) is 1.66. The second-order valence-electron chi connectivity index (χ2n) is 9.33. The van der Waals surface area contributed by atoms with E-state index < -0.39 is 11.9 Å². The van der Waals surface area contributed by atoms with Crippen molar-refractivity contribution in [2.75, 3.05) is 26.2 Å². The third-order valence-electron chi connectivity index (χ3n) is 6.99. The number of likely N-dealkylation sites (tertiary alicyclic amines) is 1. The van der Waals surface area contributed by atoms with Crippen LogP contribution >= 0.6 is 0 Å². The number of phenolic OH excluding ortho intramolecular Hbond substituents is 2. The summed E-state index contributed by atoms with van der Waals surface area (Å²) in [5.41, 5.74) is 3.36. The number of benzene rings is 3. The highest BCUT2D eigenvalue weighted by atomic mass is 19.1. The molecule has 182 valence electrons. The molecule has 3 aromatic carbocycles. The van der Waals surface area contributed by atoms with Crippen LogP contribution in [0.4, 0.5) is 4.39 Å². The molecule has 0 amide bonds. The molecular formula is C29H30FNO4. The van der Waals surface area contributed by atoms with Gasteiger partial charge in [-0.25, -0.2) is 4.39 Å². The monoisotopic (exact) mass is 475 g/mol. The lowest BCUT2D eigenvalue weighted by atomic mass is 9.86. The van der Waals surface area contributed by atoms with Crippen LogP contribution in [0.1, 0.15) is 43.1 Å². The quantitative estimate of drug-likeness (QED) is 0.437. The van der Waals surface area contributed by atoms with Crippen LogP contribution in [0.5, 0.6) is 23.0 Å². The van der Waals surface area contributed by atoms with E-state index >= 15 is 0 Å². The number of aromatic hydroxyl groups is 2. The Bertz CT molecular complexity index is 1250. The standard InChI is InChI=1S/C29H30FNO4/c1-3-19-16-31(17-19)12-13-34-23-8-4-20(5-9-23)29-28(24-10-6-22(33)15-26(24)30)18(2)25-14-21(32)7-11-27(25)35-29/h4-11,14-15,19,29,32-33H,3,12-13,16-17H2,1-2H3. The number of rotatable bonds is 7. The predicted octanol–water partition coefficient (Wildman–Crippen LogP) is 6.02. The van der Waals surface area contributed by atoms with Crippen molar-refractivity contribution in [3.05, 3.63) is 83.2 Å². The summed E-state index contributed by atoms with van der Waals surface area (Å²) in [6.45, 7) is 7.98. The van der Waals surface area contributed by atoms with E-state index in [-0.39, 0.29) is 11.5 Å². The van der Waals surface area contributed by atoms with Gasteiger partial charge in [-0.1, -0.05) is 25.5 Å². The van der Waals surface area contributed by atoms with E-state index in [0.717, 1.165) is 48.5 Å². The average molecular weight is 476 g/mol. The van der Waals surface area contributed by atoms with Gasteiger partial charge in [0.2, 0.25) is 0 Å². The molecule has 1 saturated heterocycles. The topological polar surface area (TPSA) is 62.2 Å². The van der Waals surface area contributed by atoms with Gasteiger partial charge in [0.1, 0.15) is 41.5 Å². The lowest BCUT2D eigenvalue weighted by molar-refractivity contribution is 0.0806. The first-order valence-electron chi connectivity index (χ1n) is 12.1. The fourth-order valence-corrected chi connectivity index (χ4v) is 4.89. The summed E-state index contributed by atoms with van der Waals surface area (Å²) >= 11 is 0. The molecule has 0 aromatic heterocycles. The van der Waals surface area contributed by atoms with Gasteiger partial charge in [0, 0.05) is 42.4 Å². The molecule has 1 fully saturated rings. The second kappa shape index (κ2) is 9.62. The summed E-state index contributed by atoms with van der Waals surface area (Å²) in [7, 11) is 0. The van der Waals surface area contributed by atoms with Gasteiger partial charge >= 0.3 is 0 Å². The molecule has 1 atom stereocenters. The average Bonchev–Trinajstić information content (AvgIpc) is 2.82. The summed E-state index contributed by atoms with van der Waals surface area (Å²) in [4.78, 5) is 2.40. The molecular weight excluding hydrogens is 445 g/mol. The minimum Gasteiger partial charge on any atom is -0.508 e. The third kappa shape index (κ3) is 4.71. The molecule has 2 aliphatic rings. The summed E-state index contributed by atoms with van der Waals surface area (Å²) in [5, 5.41) is 19.7. The van der Waals surface area contributed by atoms with E-state index in [9.17, 15) is 14.6 Å². The number of fused-ring (bicyclic) bond motifs is 1. The van der Waals surface area contributed by atoms with E-state index in [4.69, 9.17) is 9.47 Å². The zero-order chi connectivity index (χ0) is 24.5. The largest absolute Gasteiger partial charge is 0.508 e. The van der Waals surface area contributed by atoms with Gasteiger partial charge in [-0.05, 0) is 66.4 Å². The molecule has 0 spiro atoms. The Kier molecular flexibility index (Phi) is 6.39. The lowest BCUT2D eigenvalue weighted by Gasteiger charge is -2.38. The minimum atomic E-state index is -0.563. The van der Waals surface area contributed by atoms with Gasteiger partial charge in [0.05, 0.1) is 0 Å². The summed E-state index contributed by atoms with van der Waals surface area (Å²) in [6.07, 6.45) is 0.671. The first kappa shape index (κ1) is 23.2. The number of hydrogen-bond acceptors (Lipinski definition) is 5. The molecule has 0 bridgehead atoms. The molecule has 0 saturated carbocycles. The number of nitrogens with zero attached hydrogens (tertiary/aromatic N) is 1. The van der Waals surface area contributed by atoms with Gasteiger partial charge in [-0.3, -0.25) is 4.90 Å². The predicted molar refractivity (Wildman–Crippen MR) is 134 cm³/mol. The van der Waals surface area contributed by atoms with Crippen LogP contribution < -0.4 is 9.47 Å². The fraction of sp³-hybridized carbons (Fsp3) is 0.310. The van der Waals surface area contributed by atoms with E-state index in [1.165, 1.54) is 12.5 Å². The number of halogens is 1. The maximum absolute atomic E-state index is 15.0. The van der Waals surface area contributed by atoms with Crippen LogP contribution in [0, 0.1) is 11.7 Å². The fourth-order valence-electron chi connectivity index (χ4n) is 4.89. The summed E-state index contributed by atoms with van der Waals surface area (Å²) < 4.78 is 27.3. The van der Waals surface area contributed by atoms with Gasteiger partial charge < -0.3 is 19.7 Å². The molecule has 5 nitrogen and oxygen atoms in total. The number of allylic oxidation sites excluding steroid dienone is 1. The Morgan fingerprint density at radius 2 is 1.69 bits per heavy atom. The summed E-state index contributed by atoms with van der Waals surface area (Å²) in [6, 6.07) is 16.7.